The Hall–Kier alpha value is -1.09. The van der Waals surface area contributed by atoms with Crippen molar-refractivity contribution >= 4 is 5.82 Å². The minimum absolute atomic E-state index is 0.417. The van der Waals surface area contributed by atoms with Crippen molar-refractivity contribution in [2.24, 2.45) is 0 Å². The summed E-state index contributed by atoms with van der Waals surface area (Å²) in [7, 11) is 1.80. The smallest absolute Gasteiger partial charge is 0.126 e. The topological polar surface area (TPSA) is 34.1 Å². The third-order valence-corrected chi connectivity index (χ3v) is 2.98. The van der Waals surface area contributed by atoms with Crippen LogP contribution >= 0.6 is 0 Å². The zero-order chi connectivity index (χ0) is 10.5. The number of hydrogen-bond donors (Lipinski definition) is 1. The number of methoxy groups -OCH3 is 1. The van der Waals surface area contributed by atoms with Crippen molar-refractivity contribution in [2.45, 2.75) is 37.8 Å². The first-order chi connectivity index (χ1) is 7.38. The van der Waals surface area contributed by atoms with Crippen LogP contribution in [0.4, 0.5) is 5.82 Å². The van der Waals surface area contributed by atoms with Gasteiger partial charge in [-0.05, 0) is 37.8 Å². The average Bonchev–Trinajstić information content (AvgIpc) is 2.31. The van der Waals surface area contributed by atoms with E-state index in [0.717, 1.165) is 12.2 Å². The first-order valence-corrected chi connectivity index (χ1v) is 5.59. The van der Waals surface area contributed by atoms with Gasteiger partial charge >= 0.3 is 0 Å². The van der Waals surface area contributed by atoms with E-state index in [0.29, 0.717) is 12.1 Å². The standard InChI is InChI=1S/C12H18N2O/c1-15-11-6-4-5-10(9-11)14-12-7-2-3-8-13-12/h2-3,7-8,10-11H,4-6,9H2,1H3,(H,13,14). The molecule has 1 N–H and O–H groups in total. The molecule has 0 aromatic carbocycles. The van der Waals surface area contributed by atoms with E-state index in [2.05, 4.69) is 10.3 Å². The number of nitrogens with zero attached hydrogens (tertiary/aromatic N) is 1. The van der Waals surface area contributed by atoms with Crippen LogP contribution in [0.15, 0.2) is 24.4 Å². The highest BCUT2D eigenvalue weighted by molar-refractivity contribution is 5.34. The number of pyridine rings is 1. The van der Waals surface area contributed by atoms with Crippen molar-refractivity contribution in [3.63, 3.8) is 0 Å². The molecule has 0 bridgehead atoms. The average molecular weight is 206 g/mol. The molecule has 2 unspecified atom stereocenters. The van der Waals surface area contributed by atoms with Crippen molar-refractivity contribution in [1.29, 1.82) is 0 Å². The molecular weight excluding hydrogens is 188 g/mol. The van der Waals surface area contributed by atoms with Crippen LogP contribution in [0.3, 0.4) is 0 Å². The first kappa shape index (κ1) is 10.4. The SMILES string of the molecule is COC1CCCC(Nc2ccccn2)C1. The Morgan fingerprint density at radius 2 is 2.33 bits per heavy atom. The second-order valence-electron chi connectivity index (χ2n) is 4.08. The summed E-state index contributed by atoms with van der Waals surface area (Å²) in [4.78, 5) is 4.27. The van der Waals surface area contributed by atoms with E-state index >= 15 is 0 Å². The quantitative estimate of drug-likeness (QED) is 0.824. The van der Waals surface area contributed by atoms with Gasteiger partial charge in [0.1, 0.15) is 5.82 Å². The highest BCUT2D eigenvalue weighted by Gasteiger charge is 2.21. The number of anilines is 1. The maximum absolute atomic E-state index is 5.40. The fourth-order valence-corrected chi connectivity index (χ4v) is 2.15. The third-order valence-electron chi connectivity index (χ3n) is 2.98. The monoisotopic (exact) mass is 206 g/mol. The van der Waals surface area contributed by atoms with Crippen LogP contribution in [0.5, 0.6) is 0 Å². The molecule has 0 radical (unpaired) electrons. The van der Waals surface area contributed by atoms with E-state index in [1.807, 2.05) is 24.4 Å². The minimum atomic E-state index is 0.417. The molecule has 3 heteroatoms. The van der Waals surface area contributed by atoms with Crippen LogP contribution in [0.25, 0.3) is 0 Å². The molecule has 3 nitrogen and oxygen atoms in total. The van der Waals surface area contributed by atoms with Gasteiger partial charge in [0, 0.05) is 19.3 Å². The van der Waals surface area contributed by atoms with Gasteiger partial charge in [-0.1, -0.05) is 6.07 Å². The van der Waals surface area contributed by atoms with Crippen LogP contribution in [-0.4, -0.2) is 24.2 Å². The van der Waals surface area contributed by atoms with Gasteiger partial charge in [0.05, 0.1) is 6.10 Å². The lowest BCUT2D eigenvalue weighted by atomic mass is 9.93. The zero-order valence-electron chi connectivity index (χ0n) is 9.15. The van der Waals surface area contributed by atoms with Crippen molar-refractivity contribution in [1.82, 2.24) is 4.98 Å². The molecule has 1 fully saturated rings. The summed E-state index contributed by atoms with van der Waals surface area (Å²) in [5.74, 6) is 0.972. The number of rotatable bonds is 3. The van der Waals surface area contributed by atoms with Crippen molar-refractivity contribution in [3.8, 4) is 0 Å². The number of hydrogen-bond acceptors (Lipinski definition) is 3. The number of nitrogens with one attached hydrogen (secondary N) is 1. The minimum Gasteiger partial charge on any atom is -0.381 e. The van der Waals surface area contributed by atoms with Crippen LogP contribution in [-0.2, 0) is 4.74 Å². The maximum Gasteiger partial charge on any atom is 0.126 e. The second kappa shape index (κ2) is 5.12. The molecule has 0 spiro atoms. The molecule has 1 heterocycles. The van der Waals surface area contributed by atoms with Crippen LogP contribution in [0.1, 0.15) is 25.7 Å². The molecule has 1 aliphatic carbocycles. The molecule has 1 aromatic heterocycles. The lowest BCUT2D eigenvalue weighted by Gasteiger charge is -2.29. The molecular formula is C12H18N2O. The molecule has 1 saturated carbocycles. The zero-order valence-corrected chi connectivity index (χ0v) is 9.15. The normalized spacial score (nSPS) is 26.2. The van der Waals surface area contributed by atoms with Gasteiger partial charge in [-0.25, -0.2) is 4.98 Å². The van der Waals surface area contributed by atoms with Gasteiger partial charge in [0.25, 0.3) is 0 Å². The summed E-state index contributed by atoms with van der Waals surface area (Å²) < 4.78 is 5.40. The van der Waals surface area contributed by atoms with Gasteiger partial charge in [0.15, 0.2) is 0 Å². The largest absolute Gasteiger partial charge is 0.381 e. The van der Waals surface area contributed by atoms with Gasteiger partial charge in [0.2, 0.25) is 0 Å². The highest BCUT2D eigenvalue weighted by Crippen LogP contribution is 2.22. The first-order valence-electron chi connectivity index (χ1n) is 5.59. The molecule has 0 aliphatic heterocycles. The van der Waals surface area contributed by atoms with E-state index in [-0.39, 0.29) is 0 Å². The third kappa shape index (κ3) is 2.93. The fourth-order valence-electron chi connectivity index (χ4n) is 2.15. The number of ether oxygens (including phenoxy) is 1. The summed E-state index contributed by atoms with van der Waals surface area (Å²) in [6.07, 6.45) is 6.97. The van der Waals surface area contributed by atoms with Crippen molar-refractivity contribution in [2.75, 3.05) is 12.4 Å². The molecule has 0 amide bonds. The van der Waals surface area contributed by atoms with E-state index in [1.165, 1.54) is 19.3 Å². The van der Waals surface area contributed by atoms with Gasteiger partial charge < -0.3 is 10.1 Å². The van der Waals surface area contributed by atoms with Gasteiger partial charge in [-0.2, -0.15) is 0 Å². The van der Waals surface area contributed by atoms with Crippen LogP contribution in [0, 0.1) is 0 Å². The summed E-state index contributed by atoms with van der Waals surface area (Å²) in [6, 6.07) is 6.46. The second-order valence-corrected chi connectivity index (χ2v) is 4.08. The Labute approximate surface area is 90.9 Å². The molecule has 82 valence electrons. The molecule has 1 aromatic rings. The Kier molecular flexibility index (Phi) is 3.56. The van der Waals surface area contributed by atoms with E-state index < -0.39 is 0 Å². The summed E-state index contributed by atoms with van der Waals surface area (Å²) in [6.45, 7) is 0. The Bertz CT molecular complexity index is 289. The maximum atomic E-state index is 5.40. The van der Waals surface area contributed by atoms with Crippen LogP contribution in [0.2, 0.25) is 0 Å². The van der Waals surface area contributed by atoms with Gasteiger partial charge in [-0.3, -0.25) is 0 Å². The Morgan fingerprint density at radius 3 is 3.07 bits per heavy atom. The van der Waals surface area contributed by atoms with E-state index in [9.17, 15) is 0 Å². The Morgan fingerprint density at radius 1 is 1.40 bits per heavy atom. The van der Waals surface area contributed by atoms with Crippen molar-refractivity contribution < 1.29 is 4.74 Å². The lowest BCUT2D eigenvalue weighted by molar-refractivity contribution is 0.0669. The molecule has 2 rings (SSSR count). The molecule has 2 atom stereocenters. The summed E-state index contributed by atoms with van der Waals surface area (Å²) >= 11 is 0. The highest BCUT2D eigenvalue weighted by atomic mass is 16.5. The molecule has 15 heavy (non-hydrogen) atoms. The fraction of sp³-hybridized carbons (Fsp3) is 0.583. The number of aromatic nitrogens is 1. The van der Waals surface area contributed by atoms with Crippen LogP contribution < -0.4 is 5.32 Å². The summed E-state index contributed by atoms with van der Waals surface area (Å²) in [5, 5.41) is 3.45. The predicted molar refractivity (Wildman–Crippen MR) is 60.9 cm³/mol. The van der Waals surface area contributed by atoms with Gasteiger partial charge in [-0.15, -0.1) is 0 Å². The molecule has 0 saturated heterocycles. The summed E-state index contributed by atoms with van der Waals surface area (Å²) in [5.41, 5.74) is 0. The van der Waals surface area contributed by atoms with E-state index in [4.69, 9.17) is 4.74 Å². The Balaban J connectivity index is 1.89. The van der Waals surface area contributed by atoms with Crippen molar-refractivity contribution in [3.05, 3.63) is 24.4 Å². The molecule has 1 aliphatic rings. The predicted octanol–water partition coefficient (Wildman–Crippen LogP) is 2.45. The van der Waals surface area contributed by atoms with E-state index in [1.54, 1.807) is 7.11 Å². The lowest BCUT2D eigenvalue weighted by Crippen LogP contribution is -2.31.